The van der Waals surface area contributed by atoms with Gasteiger partial charge in [-0.2, -0.15) is 5.26 Å². The van der Waals surface area contributed by atoms with Gasteiger partial charge in [0.25, 0.3) is 0 Å². The zero-order chi connectivity index (χ0) is 12.8. The highest BCUT2D eigenvalue weighted by Crippen LogP contribution is 2.29. The first-order chi connectivity index (χ1) is 8.85. The highest BCUT2D eigenvalue weighted by Gasteiger charge is 2.24. The zero-order valence-electron chi connectivity index (χ0n) is 10.9. The fourth-order valence-electron chi connectivity index (χ4n) is 2.55. The number of nitrogens with zero attached hydrogens (tertiary/aromatic N) is 1. The van der Waals surface area contributed by atoms with Crippen LogP contribution in [0.1, 0.15) is 31.2 Å². The van der Waals surface area contributed by atoms with Crippen molar-refractivity contribution in [2.45, 2.75) is 25.7 Å². The third kappa shape index (κ3) is 3.02. The van der Waals surface area contributed by atoms with Gasteiger partial charge in [0.05, 0.1) is 18.6 Å². The van der Waals surface area contributed by atoms with Gasteiger partial charge in [0, 0.05) is 0 Å². The molecule has 1 saturated heterocycles. The molecule has 1 aromatic rings. The van der Waals surface area contributed by atoms with E-state index in [1.807, 2.05) is 31.2 Å². The van der Waals surface area contributed by atoms with Gasteiger partial charge in [0.15, 0.2) is 0 Å². The molecule has 0 bridgehead atoms. The first-order valence-electron chi connectivity index (χ1n) is 6.68. The molecular weight excluding hydrogens is 224 g/mol. The summed E-state index contributed by atoms with van der Waals surface area (Å²) in [5, 5.41) is 12.8. The van der Waals surface area contributed by atoms with Crippen molar-refractivity contribution >= 4 is 0 Å². The molecule has 2 rings (SSSR count). The van der Waals surface area contributed by atoms with Gasteiger partial charge in [-0.1, -0.05) is 12.1 Å². The van der Waals surface area contributed by atoms with E-state index in [0.717, 1.165) is 30.8 Å². The topological polar surface area (TPSA) is 45.0 Å². The first-order valence-corrected chi connectivity index (χ1v) is 6.68. The van der Waals surface area contributed by atoms with Crippen LogP contribution in [0.2, 0.25) is 0 Å². The molecule has 1 N–H and O–H groups in total. The Hall–Kier alpha value is -1.53. The Morgan fingerprint density at radius 3 is 2.78 bits per heavy atom. The number of ether oxygens (including phenoxy) is 1. The molecule has 0 spiro atoms. The average Bonchev–Trinajstić information content (AvgIpc) is 2.43. The van der Waals surface area contributed by atoms with Crippen LogP contribution in [0, 0.1) is 17.2 Å². The monoisotopic (exact) mass is 244 g/mol. The molecule has 96 valence electrons. The van der Waals surface area contributed by atoms with Crippen LogP contribution in [0.3, 0.4) is 0 Å². The Bertz CT molecular complexity index is 401. The minimum absolute atomic E-state index is 0.00604. The summed E-state index contributed by atoms with van der Waals surface area (Å²) in [6, 6.07) is 10.4. The van der Waals surface area contributed by atoms with Crippen molar-refractivity contribution in [3.05, 3.63) is 29.8 Å². The number of hydrogen-bond donors (Lipinski definition) is 1. The highest BCUT2D eigenvalue weighted by molar-refractivity contribution is 5.32. The largest absolute Gasteiger partial charge is 0.494 e. The quantitative estimate of drug-likeness (QED) is 0.885. The lowest BCUT2D eigenvalue weighted by Crippen LogP contribution is -2.32. The first kappa shape index (κ1) is 12.9. The summed E-state index contributed by atoms with van der Waals surface area (Å²) in [6.45, 7) is 4.68. The van der Waals surface area contributed by atoms with Gasteiger partial charge in [0.1, 0.15) is 5.75 Å². The smallest absolute Gasteiger partial charge is 0.119 e. The molecule has 0 aliphatic carbocycles. The fourth-order valence-corrected chi connectivity index (χ4v) is 2.55. The van der Waals surface area contributed by atoms with Gasteiger partial charge in [-0.15, -0.1) is 0 Å². The van der Waals surface area contributed by atoms with E-state index in [2.05, 4.69) is 11.4 Å². The van der Waals surface area contributed by atoms with E-state index >= 15 is 0 Å². The molecular formula is C15H20N2O. The van der Waals surface area contributed by atoms with Gasteiger partial charge < -0.3 is 10.1 Å². The van der Waals surface area contributed by atoms with Gasteiger partial charge in [-0.05, 0) is 56.5 Å². The van der Waals surface area contributed by atoms with Crippen LogP contribution in [-0.4, -0.2) is 19.7 Å². The lowest BCUT2D eigenvalue weighted by Gasteiger charge is -2.26. The number of piperidine rings is 1. The van der Waals surface area contributed by atoms with Gasteiger partial charge in [0.2, 0.25) is 0 Å². The van der Waals surface area contributed by atoms with E-state index in [1.54, 1.807) is 0 Å². The van der Waals surface area contributed by atoms with Crippen LogP contribution in [0.5, 0.6) is 5.75 Å². The molecule has 2 atom stereocenters. The maximum atomic E-state index is 9.40. The predicted octanol–water partition coefficient (Wildman–Crippen LogP) is 2.69. The Labute approximate surface area is 109 Å². The molecule has 1 heterocycles. The minimum Gasteiger partial charge on any atom is -0.494 e. The van der Waals surface area contributed by atoms with Crippen molar-refractivity contribution in [1.82, 2.24) is 5.32 Å². The second-order valence-corrected chi connectivity index (χ2v) is 4.72. The molecule has 0 radical (unpaired) electrons. The predicted molar refractivity (Wildman–Crippen MR) is 71.6 cm³/mol. The van der Waals surface area contributed by atoms with Gasteiger partial charge in [-0.3, -0.25) is 0 Å². The summed E-state index contributed by atoms with van der Waals surface area (Å²) in [5.74, 6) is 1.30. The second kappa shape index (κ2) is 6.42. The van der Waals surface area contributed by atoms with Crippen molar-refractivity contribution in [2.24, 2.45) is 5.92 Å². The van der Waals surface area contributed by atoms with Gasteiger partial charge in [-0.25, -0.2) is 0 Å². The van der Waals surface area contributed by atoms with E-state index in [1.165, 1.54) is 6.42 Å². The van der Waals surface area contributed by atoms with Crippen molar-refractivity contribution in [3.63, 3.8) is 0 Å². The Kier molecular flexibility index (Phi) is 4.60. The second-order valence-electron chi connectivity index (χ2n) is 4.72. The van der Waals surface area contributed by atoms with Crippen molar-refractivity contribution < 1.29 is 4.74 Å². The summed E-state index contributed by atoms with van der Waals surface area (Å²) in [5.41, 5.74) is 1.11. The van der Waals surface area contributed by atoms with Gasteiger partial charge >= 0.3 is 0 Å². The maximum absolute atomic E-state index is 9.40. The maximum Gasteiger partial charge on any atom is 0.119 e. The summed E-state index contributed by atoms with van der Waals surface area (Å²) >= 11 is 0. The Balaban J connectivity index is 2.09. The molecule has 1 fully saturated rings. The zero-order valence-corrected chi connectivity index (χ0v) is 10.9. The third-order valence-electron chi connectivity index (χ3n) is 3.50. The Morgan fingerprint density at radius 2 is 2.22 bits per heavy atom. The third-order valence-corrected chi connectivity index (χ3v) is 3.50. The molecule has 3 nitrogen and oxygen atoms in total. The Morgan fingerprint density at radius 1 is 1.44 bits per heavy atom. The van der Waals surface area contributed by atoms with Crippen molar-refractivity contribution in [3.8, 4) is 11.8 Å². The highest BCUT2D eigenvalue weighted by atomic mass is 16.5. The molecule has 3 heteroatoms. The lowest BCUT2D eigenvalue weighted by atomic mass is 9.82. The van der Waals surface area contributed by atoms with Crippen LogP contribution in [0.4, 0.5) is 0 Å². The van der Waals surface area contributed by atoms with E-state index in [9.17, 15) is 5.26 Å². The molecule has 18 heavy (non-hydrogen) atoms. The van der Waals surface area contributed by atoms with Crippen LogP contribution >= 0.6 is 0 Å². The normalized spacial score (nSPS) is 21.0. The SMILES string of the molecule is CCOc1ccc(C(C#N)C2CCCNC2)cc1. The fraction of sp³-hybridized carbons (Fsp3) is 0.533. The molecule has 2 unspecified atom stereocenters. The summed E-state index contributed by atoms with van der Waals surface area (Å²) in [6.07, 6.45) is 2.30. The van der Waals surface area contributed by atoms with Crippen LogP contribution in [-0.2, 0) is 0 Å². The van der Waals surface area contributed by atoms with Crippen LogP contribution in [0.15, 0.2) is 24.3 Å². The number of benzene rings is 1. The average molecular weight is 244 g/mol. The summed E-state index contributed by atoms with van der Waals surface area (Å²) in [4.78, 5) is 0. The number of rotatable bonds is 4. The molecule has 0 aromatic heterocycles. The molecule has 1 aromatic carbocycles. The molecule has 1 aliphatic heterocycles. The van der Waals surface area contributed by atoms with E-state index in [0.29, 0.717) is 12.5 Å². The number of hydrogen-bond acceptors (Lipinski definition) is 3. The minimum atomic E-state index is -0.00604. The number of nitriles is 1. The molecule has 0 saturated carbocycles. The van der Waals surface area contributed by atoms with Crippen molar-refractivity contribution in [1.29, 1.82) is 5.26 Å². The van der Waals surface area contributed by atoms with E-state index in [-0.39, 0.29) is 5.92 Å². The standard InChI is InChI=1S/C15H20N2O/c1-2-18-14-7-5-12(6-8-14)15(10-16)13-4-3-9-17-11-13/h5-8,13,15,17H,2-4,9,11H2,1H3. The number of nitrogens with one attached hydrogen (secondary N) is 1. The molecule has 0 amide bonds. The van der Waals surface area contributed by atoms with Crippen LogP contribution < -0.4 is 10.1 Å². The van der Waals surface area contributed by atoms with E-state index < -0.39 is 0 Å². The van der Waals surface area contributed by atoms with Crippen LogP contribution in [0.25, 0.3) is 0 Å². The lowest BCUT2D eigenvalue weighted by molar-refractivity contribution is 0.339. The summed E-state index contributed by atoms with van der Waals surface area (Å²) < 4.78 is 5.42. The van der Waals surface area contributed by atoms with Crippen molar-refractivity contribution in [2.75, 3.05) is 19.7 Å². The molecule has 1 aliphatic rings. The summed E-state index contributed by atoms with van der Waals surface area (Å²) in [7, 11) is 0. The van der Waals surface area contributed by atoms with E-state index in [4.69, 9.17) is 4.74 Å².